The highest BCUT2D eigenvalue weighted by molar-refractivity contribution is 7.89. The van der Waals surface area contributed by atoms with Crippen molar-refractivity contribution in [1.29, 1.82) is 0 Å². The maximum Gasteiger partial charge on any atom is 0.242 e. The summed E-state index contributed by atoms with van der Waals surface area (Å²) in [4.78, 5) is 12.6. The number of rotatable bonds is 10. The summed E-state index contributed by atoms with van der Waals surface area (Å²) in [5.74, 6) is -0.225. The average Bonchev–Trinajstić information content (AvgIpc) is 3.07. The Labute approximate surface area is 159 Å². The SMILES string of the molecule is CNC(C(=O)NCc1cccc(S(=O)(=O)NCCOC)c1)c1cnn(C)c1. The van der Waals surface area contributed by atoms with Gasteiger partial charge in [-0.3, -0.25) is 9.48 Å². The number of sulfonamides is 1. The predicted octanol–water partition coefficient (Wildman–Crippen LogP) is -0.0783. The summed E-state index contributed by atoms with van der Waals surface area (Å²) in [6, 6.07) is 5.90. The van der Waals surface area contributed by atoms with Crippen LogP contribution in [-0.4, -0.2) is 51.4 Å². The molecule has 1 atom stereocenters. The van der Waals surface area contributed by atoms with E-state index in [4.69, 9.17) is 4.74 Å². The smallest absolute Gasteiger partial charge is 0.242 e. The second-order valence-corrected chi connectivity index (χ2v) is 7.69. The number of carbonyl (C=O) groups excluding carboxylic acids is 1. The minimum atomic E-state index is -3.62. The summed E-state index contributed by atoms with van der Waals surface area (Å²) in [7, 11) is 1.35. The van der Waals surface area contributed by atoms with Gasteiger partial charge in [0.05, 0.1) is 17.7 Å². The number of nitrogens with one attached hydrogen (secondary N) is 3. The van der Waals surface area contributed by atoms with E-state index in [2.05, 4.69) is 20.5 Å². The maximum atomic E-state index is 12.5. The van der Waals surface area contributed by atoms with Gasteiger partial charge in [0.25, 0.3) is 0 Å². The number of methoxy groups -OCH3 is 1. The number of carbonyl (C=O) groups is 1. The molecule has 1 unspecified atom stereocenters. The largest absolute Gasteiger partial charge is 0.383 e. The van der Waals surface area contributed by atoms with Crippen LogP contribution in [0.4, 0.5) is 0 Å². The Bertz CT molecular complexity index is 866. The molecule has 2 rings (SSSR count). The number of ether oxygens (including phenoxy) is 1. The summed E-state index contributed by atoms with van der Waals surface area (Å²) in [5.41, 5.74) is 1.43. The molecule has 0 aliphatic heterocycles. The molecule has 2 aromatic rings. The van der Waals surface area contributed by atoms with Gasteiger partial charge in [0.2, 0.25) is 15.9 Å². The van der Waals surface area contributed by atoms with Gasteiger partial charge in [-0.15, -0.1) is 0 Å². The number of hydrogen-bond donors (Lipinski definition) is 3. The van der Waals surface area contributed by atoms with E-state index in [1.54, 1.807) is 43.3 Å². The van der Waals surface area contributed by atoms with Crippen LogP contribution in [0.25, 0.3) is 0 Å². The van der Waals surface area contributed by atoms with Crippen molar-refractivity contribution < 1.29 is 17.9 Å². The number of hydrogen-bond acceptors (Lipinski definition) is 6. The van der Waals surface area contributed by atoms with Crippen molar-refractivity contribution in [3.05, 3.63) is 47.8 Å². The molecule has 0 fully saturated rings. The first-order chi connectivity index (χ1) is 12.9. The molecule has 0 aliphatic rings. The molecular formula is C17H25N5O4S. The third kappa shape index (κ3) is 5.86. The van der Waals surface area contributed by atoms with E-state index < -0.39 is 16.1 Å². The van der Waals surface area contributed by atoms with E-state index >= 15 is 0 Å². The molecule has 27 heavy (non-hydrogen) atoms. The zero-order valence-electron chi connectivity index (χ0n) is 15.6. The van der Waals surface area contributed by atoms with Gasteiger partial charge in [-0.25, -0.2) is 13.1 Å². The van der Waals surface area contributed by atoms with Gasteiger partial charge in [0, 0.05) is 39.0 Å². The molecule has 1 aromatic carbocycles. The van der Waals surface area contributed by atoms with Crippen molar-refractivity contribution in [2.45, 2.75) is 17.5 Å². The summed E-state index contributed by atoms with van der Waals surface area (Å²) < 4.78 is 33.5. The van der Waals surface area contributed by atoms with Crippen molar-refractivity contribution in [2.75, 3.05) is 27.3 Å². The first-order valence-corrected chi connectivity index (χ1v) is 9.86. The van der Waals surface area contributed by atoms with Crippen LogP contribution in [0.15, 0.2) is 41.6 Å². The zero-order valence-corrected chi connectivity index (χ0v) is 16.4. The van der Waals surface area contributed by atoms with E-state index in [-0.39, 0.29) is 30.5 Å². The molecule has 0 aliphatic carbocycles. The quantitative estimate of drug-likeness (QED) is 0.485. The normalized spacial score (nSPS) is 12.7. The van der Waals surface area contributed by atoms with E-state index in [0.717, 1.165) is 5.56 Å². The lowest BCUT2D eigenvalue weighted by Gasteiger charge is -2.15. The highest BCUT2D eigenvalue weighted by Gasteiger charge is 2.20. The topological polar surface area (TPSA) is 114 Å². The summed E-state index contributed by atoms with van der Waals surface area (Å²) in [6.45, 7) is 0.683. The molecule has 0 radical (unpaired) electrons. The van der Waals surface area contributed by atoms with Gasteiger partial charge in [-0.2, -0.15) is 5.10 Å². The molecule has 9 nitrogen and oxygen atoms in total. The second-order valence-electron chi connectivity index (χ2n) is 5.92. The number of nitrogens with zero attached hydrogens (tertiary/aromatic N) is 2. The average molecular weight is 395 g/mol. The number of amides is 1. The van der Waals surface area contributed by atoms with Crippen LogP contribution in [0.3, 0.4) is 0 Å². The van der Waals surface area contributed by atoms with Gasteiger partial charge in [0.15, 0.2) is 0 Å². The lowest BCUT2D eigenvalue weighted by atomic mass is 10.1. The molecule has 0 saturated carbocycles. The standard InChI is InChI=1S/C17H25N5O4S/c1-18-16(14-11-20-22(2)12-14)17(23)19-10-13-5-4-6-15(9-13)27(24,25)21-7-8-26-3/h4-6,9,11-12,16,18,21H,7-8,10H2,1-3H3,(H,19,23). The van der Waals surface area contributed by atoms with E-state index in [9.17, 15) is 13.2 Å². The summed E-state index contributed by atoms with van der Waals surface area (Å²) >= 11 is 0. The molecule has 3 N–H and O–H groups in total. The summed E-state index contributed by atoms with van der Waals surface area (Å²) in [6.07, 6.45) is 3.39. The van der Waals surface area contributed by atoms with E-state index in [1.165, 1.54) is 19.2 Å². The third-order valence-corrected chi connectivity index (χ3v) is 5.34. The molecule has 1 amide bonds. The number of benzene rings is 1. The molecular weight excluding hydrogens is 370 g/mol. The van der Waals surface area contributed by atoms with Crippen LogP contribution in [-0.2, 0) is 33.1 Å². The molecule has 10 heteroatoms. The Kier molecular flexibility index (Phi) is 7.48. The van der Waals surface area contributed by atoms with Crippen LogP contribution in [0.1, 0.15) is 17.2 Å². The van der Waals surface area contributed by atoms with Crippen LogP contribution < -0.4 is 15.4 Å². The van der Waals surface area contributed by atoms with Gasteiger partial charge < -0.3 is 15.4 Å². The van der Waals surface area contributed by atoms with Crippen LogP contribution in [0.5, 0.6) is 0 Å². The van der Waals surface area contributed by atoms with Crippen molar-refractivity contribution >= 4 is 15.9 Å². The fraction of sp³-hybridized carbons (Fsp3) is 0.412. The maximum absolute atomic E-state index is 12.5. The molecule has 0 spiro atoms. The van der Waals surface area contributed by atoms with Crippen molar-refractivity contribution in [2.24, 2.45) is 7.05 Å². The lowest BCUT2D eigenvalue weighted by Crippen LogP contribution is -2.35. The monoisotopic (exact) mass is 395 g/mol. The van der Waals surface area contributed by atoms with Crippen molar-refractivity contribution in [3.8, 4) is 0 Å². The molecule has 0 saturated heterocycles. The Morgan fingerprint density at radius 3 is 2.78 bits per heavy atom. The first-order valence-electron chi connectivity index (χ1n) is 8.38. The fourth-order valence-electron chi connectivity index (χ4n) is 2.51. The Morgan fingerprint density at radius 2 is 2.15 bits per heavy atom. The number of aromatic nitrogens is 2. The first kappa shape index (κ1) is 21.0. The van der Waals surface area contributed by atoms with Crippen LogP contribution in [0, 0.1) is 0 Å². The van der Waals surface area contributed by atoms with E-state index in [1.807, 2.05) is 0 Å². The van der Waals surface area contributed by atoms with Gasteiger partial charge in [-0.1, -0.05) is 12.1 Å². The lowest BCUT2D eigenvalue weighted by molar-refractivity contribution is -0.123. The fourth-order valence-corrected chi connectivity index (χ4v) is 3.60. The number of likely N-dealkylation sites (N-methyl/N-ethyl adjacent to an activating group) is 1. The second kappa shape index (κ2) is 9.60. The Hall–Kier alpha value is -2.27. The minimum absolute atomic E-state index is 0.141. The van der Waals surface area contributed by atoms with Crippen LogP contribution >= 0.6 is 0 Å². The third-order valence-electron chi connectivity index (χ3n) is 3.88. The van der Waals surface area contributed by atoms with Crippen molar-refractivity contribution in [3.63, 3.8) is 0 Å². The predicted molar refractivity (Wildman–Crippen MR) is 100 cm³/mol. The zero-order chi connectivity index (χ0) is 19.9. The molecule has 1 heterocycles. The van der Waals surface area contributed by atoms with Crippen LogP contribution in [0.2, 0.25) is 0 Å². The molecule has 1 aromatic heterocycles. The van der Waals surface area contributed by atoms with Gasteiger partial charge >= 0.3 is 0 Å². The van der Waals surface area contributed by atoms with Crippen molar-refractivity contribution in [1.82, 2.24) is 25.1 Å². The highest BCUT2D eigenvalue weighted by atomic mass is 32.2. The highest BCUT2D eigenvalue weighted by Crippen LogP contribution is 2.13. The number of aryl methyl sites for hydroxylation is 1. The summed E-state index contributed by atoms with van der Waals surface area (Å²) in [5, 5.41) is 9.83. The van der Waals surface area contributed by atoms with Gasteiger partial charge in [0.1, 0.15) is 6.04 Å². The van der Waals surface area contributed by atoms with Gasteiger partial charge in [-0.05, 0) is 24.7 Å². The Balaban J connectivity index is 2.02. The van der Waals surface area contributed by atoms with E-state index in [0.29, 0.717) is 5.56 Å². The molecule has 148 valence electrons. The minimum Gasteiger partial charge on any atom is -0.383 e. The Morgan fingerprint density at radius 1 is 1.37 bits per heavy atom. The molecule has 0 bridgehead atoms.